The summed E-state index contributed by atoms with van der Waals surface area (Å²) in [6, 6.07) is 13.6. The molecule has 27 heavy (non-hydrogen) atoms. The number of halogens is 1. The van der Waals surface area contributed by atoms with E-state index in [0.29, 0.717) is 6.42 Å². The van der Waals surface area contributed by atoms with Crippen LogP contribution in [0.4, 0.5) is 0 Å². The molecule has 0 saturated carbocycles. The van der Waals surface area contributed by atoms with Crippen molar-refractivity contribution in [2.45, 2.75) is 12.3 Å². The number of carboxylic acid groups (broad SMARTS) is 1. The number of allylic oxidation sites excluding steroid dienone is 3. The molecule has 1 aromatic carbocycles. The standard InChI is InChI=1S/C21H16ClN3O2/c22-17-7-6-15(12-16(17)21(26)27)19-18(13-8-10-23-11-9-13)24-20(25-19)14-4-2-1-3-5-14/h1-11,15H,12H2,(H,24,25)(H,26,27). The predicted molar refractivity (Wildman–Crippen MR) is 104 cm³/mol. The van der Waals surface area contributed by atoms with E-state index in [0.717, 1.165) is 28.3 Å². The van der Waals surface area contributed by atoms with Gasteiger partial charge in [0.15, 0.2) is 0 Å². The third kappa shape index (κ3) is 3.41. The van der Waals surface area contributed by atoms with Gasteiger partial charge in [-0.3, -0.25) is 4.98 Å². The highest BCUT2D eigenvalue weighted by atomic mass is 35.5. The molecule has 0 amide bonds. The van der Waals surface area contributed by atoms with Gasteiger partial charge in [-0.05, 0) is 24.6 Å². The van der Waals surface area contributed by atoms with Crippen LogP contribution in [0.5, 0.6) is 0 Å². The maximum atomic E-state index is 11.5. The molecule has 4 rings (SSSR count). The van der Waals surface area contributed by atoms with E-state index in [9.17, 15) is 9.90 Å². The lowest BCUT2D eigenvalue weighted by Gasteiger charge is -2.18. The molecule has 1 aliphatic carbocycles. The molecule has 0 fully saturated rings. The summed E-state index contributed by atoms with van der Waals surface area (Å²) in [7, 11) is 0. The molecule has 5 nitrogen and oxygen atoms in total. The number of carbonyl (C=O) groups is 1. The number of benzene rings is 1. The summed E-state index contributed by atoms with van der Waals surface area (Å²) >= 11 is 6.07. The van der Waals surface area contributed by atoms with Gasteiger partial charge in [0.1, 0.15) is 5.82 Å². The molecule has 0 spiro atoms. The van der Waals surface area contributed by atoms with Gasteiger partial charge in [0, 0.05) is 29.4 Å². The molecular formula is C21H16ClN3O2. The number of aromatic amines is 1. The molecule has 2 aromatic heterocycles. The van der Waals surface area contributed by atoms with Gasteiger partial charge in [0.05, 0.1) is 22.0 Å². The summed E-state index contributed by atoms with van der Waals surface area (Å²) in [5.41, 5.74) is 3.74. The Balaban J connectivity index is 1.81. The van der Waals surface area contributed by atoms with E-state index in [1.54, 1.807) is 18.5 Å². The van der Waals surface area contributed by atoms with E-state index >= 15 is 0 Å². The normalized spacial score (nSPS) is 16.6. The van der Waals surface area contributed by atoms with Crippen molar-refractivity contribution < 1.29 is 9.90 Å². The third-order valence-corrected chi connectivity index (χ3v) is 4.90. The van der Waals surface area contributed by atoms with Gasteiger partial charge in [0.2, 0.25) is 0 Å². The average molecular weight is 378 g/mol. The molecule has 1 unspecified atom stereocenters. The van der Waals surface area contributed by atoms with E-state index in [2.05, 4.69) is 9.97 Å². The third-order valence-electron chi connectivity index (χ3n) is 4.55. The van der Waals surface area contributed by atoms with Crippen molar-refractivity contribution in [3.8, 4) is 22.6 Å². The fourth-order valence-electron chi connectivity index (χ4n) is 3.19. The summed E-state index contributed by atoms with van der Waals surface area (Å²) in [5.74, 6) is -0.419. The van der Waals surface area contributed by atoms with Gasteiger partial charge < -0.3 is 10.1 Å². The number of carboxylic acids is 1. The molecule has 1 atom stereocenters. The minimum atomic E-state index is -0.998. The Bertz CT molecular complexity index is 1040. The van der Waals surface area contributed by atoms with E-state index in [4.69, 9.17) is 16.6 Å². The second-order valence-electron chi connectivity index (χ2n) is 6.25. The van der Waals surface area contributed by atoms with Crippen molar-refractivity contribution >= 4 is 17.6 Å². The number of nitrogens with zero attached hydrogens (tertiary/aromatic N) is 2. The molecule has 3 aromatic rings. The minimum Gasteiger partial charge on any atom is -0.478 e. The highest BCUT2D eigenvalue weighted by Crippen LogP contribution is 2.38. The van der Waals surface area contributed by atoms with Gasteiger partial charge in [-0.15, -0.1) is 0 Å². The summed E-state index contributed by atoms with van der Waals surface area (Å²) in [6.07, 6.45) is 7.30. The minimum absolute atomic E-state index is 0.160. The molecular weight excluding hydrogens is 362 g/mol. The van der Waals surface area contributed by atoms with Crippen molar-refractivity contribution in [1.82, 2.24) is 15.0 Å². The topological polar surface area (TPSA) is 78.9 Å². The van der Waals surface area contributed by atoms with Crippen molar-refractivity contribution in [2.75, 3.05) is 0 Å². The first-order chi connectivity index (χ1) is 13.1. The summed E-state index contributed by atoms with van der Waals surface area (Å²) < 4.78 is 0. The lowest BCUT2D eigenvalue weighted by molar-refractivity contribution is -0.132. The number of rotatable bonds is 4. The Kier molecular flexibility index (Phi) is 4.60. The summed E-state index contributed by atoms with van der Waals surface area (Å²) in [4.78, 5) is 23.8. The fraction of sp³-hybridized carbons (Fsp3) is 0.0952. The summed E-state index contributed by atoms with van der Waals surface area (Å²) in [5, 5.41) is 9.70. The van der Waals surface area contributed by atoms with E-state index in [1.807, 2.05) is 48.5 Å². The zero-order valence-corrected chi connectivity index (χ0v) is 15.0. The Hall–Kier alpha value is -3.18. The first-order valence-corrected chi connectivity index (χ1v) is 8.87. The number of hydrogen-bond donors (Lipinski definition) is 2. The van der Waals surface area contributed by atoms with Crippen LogP contribution >= 0.6 is 11.6 Å². The zero-order valence-electron chi connectivity index (χ0n) is 14.3. The number of aliphatic carboxylic acids is 1. The SMILES string of the molecule is O=C(O)C1=C(Cl)C=CC(c2[nH]c(-c3ccccc3)nc2-c2ccncc2)C1. The van der Waals surface area contributed by atoms with Crippen LogP contribution in [0.2, 0.25) is 0 Å². The Labute approximate surface area is 161 Å². The Morgan fingerprint density at radius 1 is 1.11 bits per heavy atom. The van der Waals surface area contributed by atoms with Crippen molar-refractivity contribution in [2.24, 2.45) is 0 Å². The van der Waals surface area contributed by atoms with E-state index < -0.39 is 5.97 Å². The van der Waals surface area contributed by atoms with Crippen LogP contribution in [0.25, 0.3) is 22.6 Å². The number of nitrogens with one attached hydrogen (secondary N) is 1. The molecule has 0 bridgehead atoms. The number of imidazole rings is 1. The predicted octanol–water partition coefficient (Wildman–Crippen LogP) is 4.76. The smallest absolute Gasteiger partial charge is 0.333 e. The highest BCUT2D eigenvalue weighted by Gasteiger charge is 2.26. The number of pyridine rings is 1. The van der Waals surface area contributed by atoms with Crippen LogP contribution in [0, 0.1) is 0 Å². The molecule has 0 saturated heterocycles. The number of aromatic nitrogens is 3. The molecule has 0 radical (unpaired) electrons. The van der Waals surface area contributed by atoms with Gasteiger partial charge in [-0.2, -0.15) is 0 Å². The maximum Gasteiger partial charge on any atom is 0.333 e. The van der Waals surface area contributed by atoms with Gasteiger partial charge in [0.25, 0.3) is 0 Å². The van der Waals surface area contributed by atoms with Gasteiger partial charge in [-0.1, -0.05) is 48.0 Å². The van der Waals surface area contributed by atoms with Gasteiger partial charge in [-0.25, -0.2) is 9.78 Å². The Morgan fingerprint density at radius 3 is 2.56 bits per heavy atom. The highest BCUT2D eigenvalue weighted by molar-refractivity contribution is 6.33. The van der Waals surface area contributed by atoms with Crippen molar-refractivity contribution in [3.05, 3.63) is 83.3 Å². The lowest BCUT2D eigenvalue weighted by atomic mass is 9.89. The fourth-order valence-corrected chi connectivity index (χ4v) is 3.42. The molecule has 134 valence electrons. The van der Waals surface area contributed by atoms with Crippen LogP contribution < -0.4 is 0 Å². The van der Waals surface area contributed by atoms with E-state index in [1.165, 1.54) is 0 Å². The molecule has 1 aliphatic rings. The molecule has 0 aliphatic heterocycles. The second-order valence-corrected chi connectivity index (χ2v) is 6.66. The second kappa shape index (κ2) is 7.21. The average Bonchev–Trinajstić information content (AvgIpc) is 3.15. The molecule has 6 heteroatoms. The van der Waals surface area contributed by atoms with Crippen molar-refractivity contribution in [3.63, 3.8) is 0 Å². The number of H-pyrrole nitrogens is 1. The monoisotopic (exact) mass is 377 g/mol. The number of hydrogen-bond acceptors (Lipinski definition) is 3. The van der Waals surface area contributed by atoms with Crippen LogP contribution in [0.1, 0.15) is 18.0 Å². The zero-order chi connectivity index (χ0) is 18.8. The Morgan fingerprint density at radius 2 is 1.85 bits per heavy atom. The lowest BCUT2D eigenvalue weighted by Crippen LogP contribution is -2.11. The van der Waals surface area contributed by atoms with Crippen molar-refractivity contribution in [1.29, 1.82) is 0 Å². The van der Waals surface area contributed by atoms with Crippen LogP contribution in [0.3, 0.4) is 0 Å². The van der Waals surface area contributed by atoms with Crippen LogP contribution in [0.15, 0.2) is 77.6 Å². The van der Waals surface area contributed by atoms with Crippen LogP contribution in [-0.4, -0.2) is 26.0 Å². The summed E-state index contributed by atoms with van der Waals surface area (Å²) in [6.45, 7) is 0. The van der Waals surface area contributed by atoms with Crippen LogP contribution in [-0.2, 0) is 4.79 Å². The molecule has 2 heterocycles. The quantitative estimate of drug-likeness (QED) is 0.687. The first kappa shape index (κ1) is 17.2. The van der Waals surface area contributed by atoms with Gasteiger partial charge >= 0.3 is 5.97 Å². The largest absolute Gasteiger partial charge is 0.478 e. The van der Waals surface area contributed by atoms with E-state index in [-0.39, 0.29) is 16.5 Å². The maximum absolute atomic E-state index is 11.5. The first-order valence-electron chi connectivity index (χ1n) is 8.49. The molecule has 2 N–H and O–H groups in total.